The quantitative estimate of drug-likeness (QED) is 0.676. The lowest BCUT2D eigenvalue weighted by atomic mass is 9.78. The first-order valence-corrected chi connectivity index (χ1v) is 8.43. The normalized spacial score (nSPS) is 16.3. The Bertz CT molecular complexity index is 952. The van der Waals surface area contributed by atoms with Crippen LogP contribution in [0.1, 0.15) is 37.3 Å². The molecule has 24 heavy (non-hydrogen) atoms. The first-order valence-electron chi connectivity index (χ1n) is 8.43. The first-order chi connectivity index (χ1) is 11.4. The van der Waals surface area contributed by atoms with Crippen molar-refractivity contribution in [3.63, 3.8) is 0 Å². The molecule has 3 aromatic rings. The van der Waals surface area contributed by atoms with Gasteiger partial charge in [0.15, 0.2) is 11.5 Å². The maximum atomic E-state index is 10.3. The van der Waals surface area contributed by atoms with E-state index in [4.69, 9.17) is 4.98 Å². The van der Waals surface area contributed by atoms with E-state index < -0.39 is 0 Å². The Hall–Kier alpha value is -2.49. The third-order valence-electron chi connectivity index (χ3n) is 5.49. The van der Waals surface area contributed by atoms with Gasteiger partial charge in [-0.05, 0) is 63.8 Å². The Kier molecular flexibility index (Phi) is 3.14. The van der Waals surface area contributed by atoms with Crippen molar-refractivity contribution >= 4 is 11.0 Å². The van der Waals surface area contributed by atoms with Gasteiger partial charge in [-0.15, -0.1) is 0 Å². The van der Waals surface area contributed by atoms with E-state index in [1.54, 1.807) is 6.92 Å². The summed E-state index contributed by atoms with van der Waals surface area (Å²) in [6.45, 7) is 5.91. The maximum absolute atomic E-state index is 10.3. The van der Waals surface area contributed by atoms with E-state index in [1.165, 1.54) is 6.42 Å². The minimum absolute atomic E-state index is 0.0474. The van der Waals surface area contributed by atoms with Crippen LogP contribution in [-0.2, 0) is 5.54 Å². The summed E-state index contributed by atoms with van der Waals surface area (Å²) in [6.07, 6.45) is 3.48. The standard InChI is InChI=1S/C20H22N2O2/c1-12-11-14(13(2)18(24)17(12)23)19-21-15-7-4-5-8-16(15)22(19)20(3)9-6-10-20/h4-5,7-8,11,23-24H,6,9-10H2,1-3H3. The minimum atomic E-state index is -0.0534. The molecule has 0 bridgehead atoms. The molecule has 0 atom stereocenters. The van der Waals surface area contributed by atoms with Gasteiger partial charge in [0, 0.05) is 16.7 Å². The van der Waals surface area contributed by atoms with Crippen molar-refractivity contribution in [1.29, 1.82) is 0 Å². The molecule has 2 aromatic carbocycles. The third kappa shape index (κ3) is 1.95. The van der Waals surface area contributed by atoms with Gasteiger partial charge in [0.05, 0.1) is 11.0 Å². The molecule has 2 N–H and O–H groups in total. The maximum Gasteiger partial charge on any atom is 0.161 e. The van der Waals surface area contributed by atoms with Gasteiger partial charge in [-0.2, -0.15) is 0 Å². The summed E-state index contributed by atoms with van der Waals surface area (Å²) in [7, 11) is 0. The van der Waals surface area contributed by atoms with Crippen molar-refractivity contribution in [2.45, 2.75) is 45.6 Å². The molecule has 0 aliphatic heterocycles. The monoisotopic (exact) mass is 322 g/mol. The average molecular weight is 322 g/mol. The van der Waals surface area contributed by atoms with Crippen LogP contribution in [-0.4, -0.2) is 19.8 Å². The van der Waals surface area contributed by atoms with E-state index in [0.29, 0.717) is 11.1 Å². The zero-order valence-corrected chi connectivity index (χ0v) is 14.3. The zero-order chi connectivity index (χ0) is 17.1. The van der Waals surface area contributed by atoms with Crippen LogP contribution in [0.15, 0.2) is 30.3 Å². The number of imidazole rings is 1. The summed E-state index contributed by atoms with van der Waals surface area (Å²) in [4.78, 5) is 4.87. The Morgan fingerprint density at radius 2 is 1.79 bits per heavy atom. The van der Waals surface area contributed by atoms with Gasteiger partial charge in [0.2, 0.25) is 0 Å². The predicted octanol–water partition coefficient (Wildman–Crippen LogP) is 4.63. The fourth-order valence-electron chi connectivity index (χ4n) is 3.78. The van der Waals surface area contributed by atoms with Crippen LogP contribution < -0.4 is 0 Å². The predicted molar refractivity (Wildman–Crippen MR) is 95.5 cm³/mol. The molecule has 124 valence electrons. The fourth-order valence-corrected chi connectivity index (χ4v) is 3.78. The van der Waals surface area contributed by atoms with Gasteiger partial charge in [0.1, 0.15) is 5.82 Å². The topological polar surface area (TPSA) is 58.3 Å². The molecule has 1 aliphatic rings. The van der Waals surface area contributed by atoms with Gasteiger partial charge in [-0.1, -0.05) is 12.1 Å². The number of fused-ring (bicyclic) bond motifs is 1. The number of benzene rings is 2. The lowest BCUT2D eigenvalue weighted by Crippen LogP contribution is -2.37. The van der Waals surface area contributed by atoms with Gasteiger partial charge in [0.25, 0.3) is 0 Å². The molecule has 1 heterocycles. The van der Waals surface area contributed by atoms with Gasteiger partial charge >= 0.3 is 0 Å². The Balaban J connectivity index is 2.06. The van der Waals surface area contributed by atoms with Crippen LogP contribution in [0.5, 0.6) is 11.5 Å². The van der Waals surface area contributed by atoms with E-state index in [2.05, 4.69) is 17.6 Å². The molecule has 4 rings (SSSR count). The van der Waals surface area contributed by atoms with E-state index in [1.807, 2.05) is 31.2 Å². The lowest BCUT2D eigenvalue weighted by molar-refractivity contribution is 0.177. The molecule has 0 radical (unpaired) electrons. The summed E-state index contributed by atoms with van der Waals surface area (Å²) < 4.78 is 2.32. The van der Waals surface area contributed by atoms with Crippen molar-refractivity contribution < 1.29 is 10.2 Å². The highest BCUT2D eigenvalue weighted by Crippen LogP contribution is 2.46. The molecule has 1 saturated carbocycles. The van der Waals surface area contributed by atoms with E-state index in [0.717, 1.165) is 35.3 Å². The summed E-state index contributed by atoms with van der Waals surface area (Å²) in [5, 5.41) is 20.3. The summed E-state index contributed by atoms with van der Waals surface area (Å²) in [5.74, 6) is 0.769. The molecule has 1 aliphatic carbocycles. The second-order valence-electron chi connectivity index (χ2n) is 7.17. The molecule has 4 heteroatoms. The molecule has 0 saturated heterocycles. The van der Waals surface area contributed by atoms with Crippen LogP contribution >= 0.6 is 0 Å². The number of nitrogens with zero attached hydrogens (tertiary/aromatic N) is 2. The Morgan fingerprint density at radius 3 is 2.46 bits per heavy atom. The lowest BCUT2D eigenvalue weighted by Gasteiger charge is -2.41. The summed E-state index contributed by atoms with van der Waals surface area (Å²) in [6, 6.07) is 10.1. The van der Waals surface area contributed by atoms with E-state index in [9.17, 15) is 10.2 Å². The van der Waals surface area contributed by atoms with E-state index >= 15 is 0 Å². The Labute approximate surface area is 141 Å². The SMILES string of the molecule is Cc1cc(-c2nc3ccccc3n2C2(C)CCC2)c(C)c(O)c1O. The highest BCUT2D eigenvalue weighted by atomic mass is 16.3. The zero-order valence-electron chi connectivity index (χ0n) is 14.3. The van der Waals surface area contributed by atoms with Crippen LogP contribution in [0, 0.1) is 13.8 Å². The minimum Gasteiger partial charge on any atom is -0.504 e. The highest BCUT2D eigenvalue weighted by molar-refractivity contribution is 5.83. The number of phenolic OH excluding ortho intramolecular Hbond substituents is 2. The van der Waals surface area contributed by atoms with Gasteiger partial charge in [-0.25, -0.2) is 4.98 Å². The summed E-state index contributed by atoms with van der Waals surface area (Å²) in [5.41, 5.74) is 4.35. The van der Waals surface area contributed by atoms with Crippen molar-refractivity contribution in [1.82, 2.24) is 9.55 Å². The number of para-hydroxylation sites is 2. The molecule has 1 aromatic heterocycles. The second-order valence-corrected chi connectivity index (χ2v) is 7.17. The summed E-state index contributed by atoms with van der Waals surface area (Å²) >= 11 is 0. The number of phenols is 2. The number of hydrogen-bond acceptors (Lipinski definition) is 3. The highest BCUT2D eigenvalue weighted by Gasteiger charge is 2.37. The number of aromatic nitrogens is 2. The molecule has 1 fully saturated rings. The second kappa shape index (κ2) is 5.00. The van der Waals surface area contributed by atoms with Crippen molar-refractivity contribution in [3.8, 4) is 22.9 Å². The van der Waals surface area contributed by atoms with Gasteiger partial charge < -0.3 is 14.8 Å². The first kappa shape index (κ1) is 15.1. The van der Waals surface area contributed by atoms with Gasteiger partial charge in [-0.3, -0.25) is 0 Å². The molecule has 0 spiro atoms. The largest absolute Gasteiger partial charge is 0.504 e. The number of aromatic hydroxyl groups is 2. The molecule has 4 nitrogen and oxygen atoms in total. The van der Waals surface area contributed by atoms with Crippen molar-refractivity contribution in [2.75, 3.05) is 0 Å². The van der Waals surface area contributed by atoms with E-state index in [-0.39, 0.29) is 17.0 Å². The average Bonchev–Trinajstić information content (AvgIpc) is 2.93. The molecular formula is C20H22N2O2. The smallest absolute Gasteiger partial charge is 0.161 e. The van der Waals surface area contributed by atoms with Crippen molar-refractivity contribution in [2.24, 2.45) is 0 Å². The number of rotatable bonds is 2. The molecule has 0 amide bonds. The molecular weight excluding hydrogens is 300 g/mol. The van der Waals surface area contributed by atoms with Crippen LogP contribution in [0.3, 0.4) is 0 Å². The molecule has 0 unspecified atom stereocenters. The van der Waals surface area contributed by atoms with Crippen molar-refractivity contribution in [3.05, 3.63) is 41.5 Å². The van der Waals surface area contributed by atoms with Crippen LogP contribution in [0.2, 0.25) is 0 Å². The third-order valence-corrected chi connectivity index (χ3v) is 5.49. The van der Waals surface area contributed by atoms with Crippen LogP contribution in [0.4, 0.5) is 0 Å². The Morgan fingerprint density at radius 1 is 1.08 bits per heavy atom. The fraction of sp³-hybridized carbons (Fsp3) is 0.350. The van der Waals surface area contributed by atoms with Crippen LogP contribution in [0.25, 0.3) is 22.4 Å². The number of aryl methyl sites for hydroxylation is 1. The number of hydrogen-bond donors (Lipinski definition) is 2.